The molecular weight excluding hydrogens is 322 g/mol. The van der Waals surface area contributed by atoms with Gasteiger partial charge in [-0.05, 0) is 37.3 Å². The fourth-order valence-electron chi connectivity index (χ4n) is 2.36. The summed E-state index contributed by atoms with van der Waals surface area (Å²) in [6.45, 7) is 2.29. The Hall–Kier alpha value is -3.02. The zero-order valence-electron chi connectivity index (χ0n) is 14.5. The molecule has 0 saturated heterocycles. The normalized spacial score (nSPS) is 10.0. The summed E-state index contributed by atoms with van der Waals surface area (Å²) in [5.74, 6) is 0.0982. The van der Waals surface area contributed by atoms with E-state index < -0.39 is 5.97 Å². The molecule has 0 N–H and O–H groups in total. The van der Waals surface area contributed by atoms with Gasteiger partial charge in [0.1, 0.15) is 0 Å². The molecule has 0 atom stereocenters. The predicted molar refractivity (Wildman–Crippen MR) is 94.3 cm³/mol. The molecule has 6 nitrogen and oxygen atoms in total. The number of para-hydroxylation sites is 1. The zero-order valence-corrected chi connectivity index (χ0v) is 14.5. The Bertz CT molecular complexity index is 730. The van der Waals surface area contributed by atoms with Crippen LogP contribution >= 0.6 is 0 Å². The number of likely N-dealkylation sites (N-methyl/N-ethyl adjacent to an activating group) is 1. The molecule has 2 rings (SSSR count). The molecule has 0 spiro atoms. The van der Waals surface area contributed by atoms with E-state index in [1.54, 1.807) is 17.0 Å². The van der Waals surface area contributed by atoms with Crippen LogP contribution in [0.4, 0.5) is 5.69 Å². The van der Waals surface area contributed by atoms with Gasteiger partial charge in [0.15, 0.2) is 18.1 Å². The summed E-state index contributed by atoms with van der Waals surface area (Å²) < 4.78 is 15.5. The lowest BCUT2D eigenvalue weighted by Crippen LogP contribution is -2.34. The predicted octanol–water partition coefficient (Wildman–Crippen LogP) is 2.91. The molecule has 0 unspecified atom stereocenters. The Balaban J connectivity index is 2.09. The molecule has 0 bridgehead atoms. The molecule has 132 valence electrons. The lowest BCUT2D eigenvalue weighted by Gasteiger charge is -2.21. The third kappa shape index (κ3) is 4.50. The van der Waals surface area contributed by atoms with Crippen LogP contribution in [0.25, 0.3) is 0 Å². The highest BCUT2D eigenvalue weighted by molar-refractivity contribution is 5.94. The van der Waals surface area contributed by atoms with Crippen molar-refractivity contribution >= 4 is 17.6 Å². The number of anilines is 1. The average molecular weight is 343 g/mol. The quantitative estimate of drug-likeness (QED) is 0.723. The summed E-state index contributed by atoms with van der Waals surface area (Å²) in [7, 11) is 2.77. The molecule has 6 heteroatoms. The minimum absolute atomic E-state index is 0.142. The van der Waals surface area contributed by atoms with Gasteiger partial charge in [0.2, 0.25) is 0 Å². The maximum absolute atomic E-state index is 12.5. The number of amides is 1. The van der Waals surface area contributed by atoms with Crippen molar-refractivity contribution in [2.24, 2.45) is 0 Å². The highest BCUT2D eigenvalue weighted by Gasteiger charge is 2.16. The summed E-state index contributed by atoms with van der Waals surface area (Å²) in [6.07, 6.45) is 0. The van der Waals surface area contributed by atoms with Gasteiger partial charge in [-0.2, -0.15) is 0 Å². The van der Waals surface area contributed by atoms with Gasteiger partial charge >= 0.3 is 5.97 Å². The van der Waals surface area contributed by atoms with E-state index in [0.29, 0.717) is 23.6 Å². The van der Waals surface area contributed by atoms with Crippen molar-refractivity contribution in [2.75, 3.05) is 32.3 Å². The molecule has 0 aromatic heterocycles. The minimum Gasteiger partial charge on any atom is -0.493 e. The second-order valence-corrected chi connectivity index (χ2v) is 5.12. The molecule has 0 heterocycles. The zero-order chi connectivity index (χ0) is 18.2. The standard InChI is InChI=1S/C19H21NO5/c1-4-20(15-8-6-5-7-9-15)18(21)13-25-16-11-10-14(19(22)24-3)12-17(16)23-2/h5-12H,4,13H2,1-3H3. The van der Waals surface area contributed by atoms with Crippen molar-refractivity contribution in [3.8, 4) is 11.5 Å². The Kier molecular flexibility index (Phi) is 6.39. The molecule has 1 amide bonds. The van der Waals surface area contributed by atoms with Gasteiger partial charge in [0, 0.05) is 12.2 Å². The van der Waals surface area contributed by atoms with Crippen molar-refractivity contribution in [3.63, 3.8) is 0 Å². The van der Waals surface area contributed by atoms with E-state index in [1.807, 2.05) is 37.3 Å². The number of carbonyl (C=O) groups is 2. The number of nitrogens with zero attached hydrogens (tertiary/aromatic N) is 1. The third-order valence-corrected chi connectivity index (χ3v) is 3.62. The van der Waals surface area contributed by atoms with Crippen LogP contribution in [0.1, 0.15) is 17.3 Å². The van der Waals surface area contributed by atoms with Gasteiger partial charge in [-0.25, -0.2) is 4.79 Å². The van der Waals surface area contributed by atoms with E-state index in [4.69, 9.17) is 9.47 Å². The van der Waals surface area contributed by atoms with Crippen molar-refractivity contribution in [1.29, 1.82) is 0 Å². The molecule has 0 aliphatic carbocycles. The summed E-state index contributed by atoms with van der Waals surface area (Å²) in [5.41, 5.74) is 1.16. The first-order valence-electron chi connectivity index (χ1n) is 7.85. The number of methoxy groups -OCH3 is 2. The SMILES string of the molecule is CCN(C(=O)COc1ccc(C(=O)OC)cc1OC)c1ccccc1. The Labute approximate surface area is 146 Å². The van der Waals surface area contributed by atoms with Crippen LogP contribution in [-0.4, -0.2) is 39.2 Å². The highest BCUT2D eigenvalue weighted by Crippen LogP contribution is 2.28. The van der Waals surface area contributed by atoms with Crippen LogP contribution in [0.2, 0.25) is 0 Å². The maximum atomic E-state index is 12.5. The molecule has 0 aliphatic rings. The van der Waals surface area contributed by atoms with Gasteiger partial charge in [-0.15, -0.1) is 0 Å². The minimum atomic E-state index is -0.470. The largest absolute Gasteiger partial charge is 0.493 e. The molecule has 25 heavy (non-hydrogen) atoms. The first kappa shape index (κ1) is 18.3. The van der Waals surface area contributed by atoms with Gasteiger partial charge in [0.25, 0.3) is 5.91 Å². The Morgan fingerprint density at radius 3 is 2.32 bits per heavy atom. The number of benzene rings is 2. The molecule has 0 fully saturated rings. The van der Waals surface area contributed by atoms with Crippen molar-refractivity contribution in [3.05, 3.63) is 54.1 Å². The number of hydrogen-bond acceptors (Lipinski definition) is 5. The monoisotopic (exact) mass is 343 g/mol. The Morgan fingerprint density at radius 1 is 1.00 bits per heavy atom. The van der Waals surface area contributed by atoms with Gasteiger partial charge in [-0.1, -0.05) is 18.2 Å². The molecule has 2 aromatic rings. The van der Waals surface area contributed by atoms with Crippen LogP contribution in [0, 0.1) is 0 Å². The highest BCUT2D eigenvalue weighted by atomic mass is 16.5. The number of esters is 1. The number of hydrogen-bond donors (Lipinski definition) is 0. The maximum Gasteiger partial charge on any atom is 0.337 e. The van der Waals surface area contributed by atoms with Gasteiger partial charge < -0.3 is 19.1 Å². The lowest BCUT2D eigenvalue weighted by atomic mass is 10.2. The van der Waals surface area contributed by atoms with E-state index in [2.05, 4.69) is 4.74 Å². The van der Waals surface area contributed by atoms with E-state index in [9.17, 15) is 9.59 Å². The number of rotatable bonds is 7. The molecule has 0 aliphatic heterocycles. The van der Waals surface area contributed by atoms with Crippen LogP contribution in [0.5, 0.6) is 11.5 Å². The summed E-state index contributed by atoms with van der Waals surface area (Å²) >= 11 is 0. The number of ether oxygens (including phenoxy) is 3. The average Bonchev–Trinajstić information content (AvgIpc) is 2.67. The molecule has 2 aromatic carbocycles. The van der Waals surface area contributed by atoms with E-state index in [0.717, 1.165) is 5.69 Å². The fraction of sp³-hybridized carbons (Fsp3) is 0.263. The molecule has 0 saturated carbocycles. The van der Waals surface area contributed by atoms with Crippen molar-refractivity contribution in [2.45, 2.75) is 6.92 Å². The van der Waals surface area contributed by atoms with E-state index in [1.165, 1.54) is 20.3 Å². The van der Waals surface area contributed by atoms with Gasteiger partial charge in [-0.3, -0.25) is 4.79 Å². The topological polar surface area (TPSA) is 65.1 Å². The van der Waals surface area contributed by atoms with E-state index >= 15 is 0 Å². The van der Waals surface area contributed by atoms with Gasteiger partial charge in [0.05, 0.1) is 19.8 Å². The van der Waals surface area contributed by atoms with Crippen LogP contribution in [0.15, 0.2) is 48.5 Å². The smallest absolute Gasteiger partial charge is 0.337 e. The van der Waals surface area contributed by atoms with Crippen LogP contribution < -0.4 is 14.4 Å². The van der Waals surface area contributed by atoms with Crippen LogP contribution in [-0.2, 0) is 9.53 Å². The second kappa shape index (κ2) is 8.73. The first-order valence-corrected chi connectivity index (χ1v) is 7.85. The fourth-order valence-corrected chi connectivity index (χ4v) is 2.36. The second-order valence-electron chi connectivity index (χ2n) is 5.12. The molecule has 0 radical (unpaired) electrons. The van der Waals surface area contributed by atoms with Crippen molar-refractivity contribution in [1.82, 2.24) is 0 Å². The summed E-state index contributed by atoms with van der Waals surface area (Å²) in [4.78, 5) is 25.7. The third-order valence-electron chi connectivity index (χ3n) is 3.62. The first-order chi connectivity index (χ1) is 12.1. The van der Waals surface area contributed by atoms with Crippen LogP contribution in [0.3, 0.4) is 0 Å². The lowest BCUT2D eigenvalue weighted by molar-refractivity contribution is -0.120. The molecular formula is C19H21NO5. The Morgan fingerprint density at radius 2 is 1.72 bits per heavy atom. The van der Waals surface area contributed by atoms with E-state index in [-0.39, 0.29) is 12.5 Å². The number of carbonyl (C=O) groups excluding carboxylic acids is 2. The van der Waals surface area contributed by atoms with Crippen molar-refractivity contribution < 1.29 is 23.8 Å². The summed E-state index contributed by atoms with van der Waals surface area (Å²) in [5, 5.41) is 0. The summed E-state index contributed by atoms with van der Waals surface area (Å²) in [6, 6.07) is 14.0.